The number of hydrogen-bond donors (Lipinski definition) is 2. The first-order valence-electron chi connectivity index (χ1n) is 5.66. The Labute approximate surface area is 112 Å². The van der Waals surface area contributed by atoms with Gasteiger partial charge >= 0.3 is 5.00 Å². The van der Waals surface area contributed by atoms with Gasteiger partial charge in [0.1, 0.15) is 5.82 Å². The van der Waals surface area contributed by atoms with Crippen molar-refractivity contribution in [3.8, 4) is 0 Å². The first kappa shape index (κ1) is 13.2. The molecule has 2 rings (SSSR count). The number of H-pyrrole nitrogens is 1. The number of aromatic amines is 1. The highest BCUT2D eigenvalue weighted by atomic mass is 32.1. The lowest BCUT2D eigenvalue weighted by Crippen LogP contribution is -2.28. The quantitative estimate of drug-likeness (QED) is 0.648. The van der Waals surface area contributed by atoms with E-state index in [2.05, 4.69) is 15.3 Å². The Balaban J connectivity index is 2.09. The van der Waals surface area contributed by atoms with E-state index in [1.807, 2.05) is 6.92 Å². The van der Waals surface area contributed by atoms with E-state index in [9.17, 15) is 14.9 Å². The Kier molecular flexibility index (Phi) is 3.91. The van der Waals surface area contributed by atoms with E-state index < -0.39 is 4.92 Å². The number of nitrogens with one attached hydrogen (secondary N) is 2. The van der Waals surface area contributed by atoms with Crippen molar-refractivity contribution in [2.24, 2.45) is 0 Å². The predicted molar refractivity (Wildman–Crippen MR) is 70.1 cm³/mol. The molecule has 2 aromatic heterocycles. The van der Waals surface area contributed by atoms with E-state index in [1.54, 1.807) is 12.4 Å². The summed E-state index contributed by atoms with van der Waals surface area (Å²) in [5, 5.41) is 13.3. The van der Waals surface area contributed by atoms with Gasteiger partial charge in [0.15, 0.2) is 0 Å². The second-order valence-electron chi connectivity index (χ2n) is 3.80. The van der Waals surface area contributed by atoms with Crippen molar-refractivity contribution in [2.45, 2.75) is 19.4 Å². The van der Waals surface area contributed by atoms with Crippen molar-refractivity contribution >= 4 is 22.2 Å². The summed E-state index contributed by atoms with van der Waals surface area (Å²) in [6.45, 7) is 1.92. The van der Waals surface area contributed by atoms with E-state index in [-0.39, 0.29) is 17.0 Å². The summed E-state index contributed by atoms with van der Waals surface area (Å²) in [7, 11) is 0. The van der Waals surface area contributed by atoms with Crippen molar-refractivity contribution < 1.29 is 9.72 Å². The van der Waals surface area contributed by atoms with Gasteiger partial charge in [-0.1, -0.05) is 18.3 Å². The fourth-order valence-electron chi connectivity index (χ4n) is 1.61. The van der Waals surface area contributed by atoms with Gasteiger partial charge in [0.2, 0.25) is 0 Å². The third-order valence-corrected chi connectivity index (χ3v) is 3.59. The lowest BCUT2D eigenvalue weighted by atomic mass is 10.2. The molecule has 0 aliphatic heterocycles. The van der Waals surface area contributed by atoms with Crippen molar-refractivity contribution in [3.63, 3.8) is 0 Å². The number of carbonyl (C=O) groups excluding carboxylic acids is 1. The molecule has 0 saturated heterocycles. The van der Waals surface area contributed by atoms with Crippen LogP contribution in [0.2, 0.25) is 0 Å². The van der Waals surface area contributed by atoms with Gasteiger partial charge < -0.3 is 10.3 Å². The molecule has 1 amide bonds. The number of rotatable bonds is 5. The molecule has 0 radical (unpaired) electrons. The van der Waals surface area contributed by atoms with Gasteiger partial charge in [-0.2, -0.15) is 0 Å². The summed E-state index contributed by atoms with van der Waals surface area (Å²) in [4.78, 5) is 29.4. The summed E-state index contributed by atoms with van der Waals surface area (Å²) in [5.41, 5.74) is 0. The molecule has 0 aliphatic rings. The van der Waals surface area contributed by atoms with Crippen LogP contribution in [-0.4, -0.2) is 20.8 Å². The number of nitro groups is 1. The summed E-state index contributed by atoms with van der Waals surface area (Å²) < 4.78 is 0. The fourth-order valence-corrected chi connectivity index (χ4v) is 2.33. The zero-order chi connectivity index (χ0) is 13.8. The molecule has 100 valence electrons. The van der Waals surface area contributed by atoms with E-state index in [0.29, 0.717) is 17.1 Å². The summed E-state index contributed by atoms with van der Waals surface area (Å²) >= 11 is 0.857. The predicted octanol–water partition coefficient (Wildman–Crippen LogP) is 2.26. The number of aromatic nitrogens is 2. The molecule has 2 heterocycles. The molecule has 0 aliphatic carbocycles. The van der Waals surface area contributed by atoms with E-state index >= 15 is 0 Å². The van der Waals surface area contributed by atoms with Crippen molar-refractivity contribution in [1.29, 1.82) is 0 Å². The Hall–Kier alpha value is -2.22. The Morgan fingerprint density at radius 1 is 1.63 bits per heavy atom. The number of thiophene rings is 1. The zero-order valence-electron chi connectivity index (χ0n) is 10.1. The average molecular weight is 280 g/mol. The molecule has 0 bridgehead atoms. The fraction of sp³-hybridized carbons (Fsp3) is 0.273. The molecular weight excluding hydrogens is 268 g/mol. The highest BCUT2D eigenvalue weighted by Gasteiger charge is 2.19. The highest BCUT2D eigenvalue weighted by Crippen LogP contribution is 2.24. The third kappa shape index (κ3) is 2.97. The summed E-state index contributed by atoms with van der Waals surface area (Å²) in [6.07, 6.45) is 3.97. The van der Waals surface area contributed by atoms with Gasteiger partial charge in [-0.25, -0.2) is 4.98 Å². The van der Waals surface area contributed by atoms with Crippen LogP contribution in [0.1, 0.15) is 34.9 Å². The monoisotopic (exact) mass is 280 g/mol. The van der Waals surface area contributed by atoms with Crippen LogP contribution in [0, 0.1) is 10.1 Å². The average Bonchev–Trinajstić information content (AvgIpc) is 3.05. The molecule has 0 saturated carbocycles. The maximum absolute atomic E-state index is 12.0. The van der Waals surface area contributed by atoms with Crippen LogP contribution in [-0.2, 0) is 0 Å². The number of imidazole rings is 1. The topological polar surface area (TPSA) is 101 Å². The molecule has 0 fully saturated rings. The zero-order valence-corrected chi connectivity index (χ0v) is 10.9. The van der Waals surface area contributed by atoms with Crippen LogP contribution in [0.15, 0.2) is 24.5 Å². The minimum atomic E-state index is -0.509. The first-order chi connectivity index (χ1) is 9.11. The third-order valence-electron chi connectivity index (χ3n) is 2.56. The van der Waals surface area contributed by atoms with Gasteiger partial charge in [0, 0.05) is 18.5 Å². The Bertz CT molecular complexity index is 579. The smallest absolute Gasteiger partial charge is 0.324 e. The van der Waals surface area contributed by atoms with E-state index in [4.69, 9.17) is 0 Å². The molecule has 19 heavy (non-hydrogen) atoms. The molecule has 0 spiro atoms. The highest BCUT2D eigenvalue weighted by molar-refractivity contribution is 7.17. The first-order valence-corrected chi connectivity index (χ1v) is 6.47. The van der Waals surface area contributed by atoms with Crippen molar-refractivity contribution in [2.75, 3.05) is 0 Å². The standard InChI is InChI=1S/C11H12N4O3S/c1-2-7(10-12-5-6-13-10)14-11(16)8-3-4-9(19-8)15(17)18/h3-7H,2H2,1H3,(H,12,13)(H,14,16). The number of hydrogen-bond acceptors (Lipinski definition) is 5. The Morgan fingerprint density at radius 3 is 2.95 bits per heavy atom. The maximum Gasteiger partial charge on any atom is 0.324 e. The molecule has 1 unspecified atom stereocenters. The largest absolute Gasteiger partial charge is 0.347 e. The minimum absolute atomic E-state index is 0.0452. The van der Waals surface area contributed by atoms with Crippen molar-refractivity contribution in [3.05, 3.63) is 45.3 Å². The molecule has 2 N–H and O–H groups in total. The van der Waals surface area contributed by atoms with Crippen molar-refractivity contribution in [1.82, 2.24) is 15.3 Å². The van der Waals surface area contributed by atoms with Gasteiger partial charge in [-0.05, 0) is 12.5 Å². The number of amides is 1. The lowest BCUT2D eigenvalue weighted by molar-refractivity contribution is -0.380. The van der Waals surface area contributed by atoms with Gasteiger partial charge in [0.25, 0.3) is 5.91 Å². The minimum Gasteiger partial charge on any atom is -0.347 e. The van der Waals surface area contributed by atoms with Crippen LogP contribution in [0.4, 0.5) is 5.00 Å². The summed E-state index contributed by atoms with van der Waals surface area (Å²) in [6, 6.07) is 2.55. The van der Waals surface area contributed by atoms with Gasteiger partial charge in [-0.15, -0.1) is 0 Å². The van der Waals surface area contributed by atoms with Crippen LogP contribution in [0.3, 0.4) is 0 Å². The molecule has 1 atom stereocenters. The number of carbonyl (C=O) groups is 1. The molecular formula is C11H12N4O3S. The molecule has 8 heteroatoms. The van der Waals surface area contributed by atoms with Crippen LogP contribution >= 0.6 is 11.3 Å². The maximum atomic E-state index is 12.0. The van der Waals surface area contributed by atoms with Crippen LogP contribution in [0.25, 0.3) is 0 Å². The molecule has 2 aromatic rings. The summed E-state index contributed by atoms with van der Waals surface area (Å²) in [5.74, 6) is 0.336. The normalized spacial score (nSPS) is 12.1. The second kappa shape index (κ2) is 5.61. The van der Waals surface area contributed by atoms with Gasteiger partial charge in [0.05, 0.1) is 15.8 Å². The van der Waals surface area contributed by atoms with Crippen LogP contribution in [0.5, 0.6) is 0 Å². The Morgan fingerprint density at radius 2 is 2.42 bits per heavy atom. The lowest BCUT2D eigenvalue weighted by Gasteiger charge is -2.13. The number of nitrogens with zero attached hydrogens (tertiary/aromatic N) is 2. The molecule has 0 aromatic carbocycles. The van der Waals surface area contributed by atoms with Gasteiger partial charge in [-0.3, -0.25) is 14.9 Å². The van der Waals surface area contributed by atoms with E-state index in [0.717, 1.165) is 11.3 Å². The second-order valence-corrected chi connectivity index (χ2v) is 4.87. The van der Waals surface area contributed by atoms with Crippen LogP contribution < -0.4 is 5.32 Å². The molecule has 7 nitrogen and oxygen atoms in total. The SMILES string of the molecule is CCC(NC(=O)c1ccc([N+](=O)[O-])s1)c1ncc[nH]1. The van der Waals surface area contributed by atoms with E-state index in [1.165, 1.54) is 12.1 Å².